The van der Waals surface area contributed by atoms with E-state index in [0.29, 0.717) is 0 Å². The quantitative estimate of drug-likeness (QED) is 0.826. The molecule has 4 nitrogen and oxygen atoms in total. The van der Waals surface area contributed by atoms with Crippen LogP contribution in [0, 0.1) is 6.92 Å². The summed E-state index contributed by atoms with van der Waals surface area (Å²) in [6.07, 6.45) is 5.90. The molecule has 0 aliphatic heterocycles. The van der Waals surface area contributed by atoms with E-state index in [-0.39, 0.29) is 0 Å². The molecule has 1 N–H and O–H groups in total. The largest absolute Gasteiger partial charge is 0.469 e. The average Bonchev–Trinajstić information content (AvgIpc) is 2.74. The third-order valence-electron chi connectivity index (χ3n) is 2.13. The second kappa shape index (κ2) is 4.59. The van der Waals surface area contributed by atoms with Crippen LogP contribution in [0.5, 0.6) is 0 Å². The van der Waals surface area contributed by atoms with Gasteiger partial charge in [-0.25, -0.2) is 4.98 Å². The number of furan rings is 1. The Labute approximate surface area is 88.4 Å². The van der Waals surface area contributed by atoms with Crippen LogP contribution in [0.25, 0.3) is 0 Å². The molecule has 2 aromatic rings. The van der Waals surface area contributed by atoms with Gasteiger partial charge in [0.15, 0.2) is 0 Å². The zero-order chi connectivity index (χ0) is 10.5. The van der Waals surface area contributed by atoms with Crippen molar-refractivity contribution in [2.45, 2.75) is 13.3 Å². The standard InChI is InChI=1S/C11H13N3O/c1-9-11(14-7-6-12-9)13-5-4-10-3-2-8-15-10/h2-3,6-8H,4-5H2,1H3,(H,13,14). The van der Waals surface area contributed by atoms with Crippen LogP contribution in [0.3, 0.4) is 0 Å². The Morgan fingerprint density at radius 3 is 2.93 bits per heavy atom. The minimum absolute atomic E-state index is 0.799. The molecule has 0 aliphatic rings. The van der Waals surface area contributed by atoms with E-state index in [0.717, 1.165) is 30.2 Å². The van der Waals surface area contributed by atoms with Crippen molar-refractivity contribution < 1.29 is 4.42 Å². The van der Waals surface area contributed by atoms with Gasteiger partial charge in [-0.2, -0.15) is 0 Å². The average molecular weight is 203 g/mol. The fourth-order valence-electron chi connectivity index (χ4n) is 1.34. The van der Waals surface area contributed by atoms with Gasteiger partial charge in [0.2, 0.25) is 0 Å². The molecule has 2 aromatic heterocycles. The fraction of sp³-hybridized carbons (Fsp3) is 0.273. The highest BCUT2D eigenvalue weighted by atomic mass is 16.3. The molecule has 2 rings (SSSR count). The van der Waals surface area contributed by atoms with Crippen LogP contribution < -0.4 is 5.32 Å². The van der Waals surface area contributed by atoms with Gasteiger partial charge in [0.1, 0.15) is 11.6 Å². The summed E-state index contributed by atoms with van der Waals surface area (Å²) in [6, 6.07) is 3.86. The Bertz CT molecular complexity index is 412. The monoisotopic (exact) mass is 203 g/mol. The normalized spacial score (nSPS) is 10.2. The van der Waals surface area contributed by atoms with Gasteiger partial charge in [-0.3, -0.25) is 4.98 Å². The summed E-state index contributed by atoms with van der Waals surface area (Å²) in [5, 5.41) is 3.22. The molecule has 0 bridgehead atoms. The van der Waals surface area contributed by atoms with Crippen LogP contribution in [0.15, 0.2) is 35.2 Å². The first-order chi connectivity index (χ1) is 7.36. The summed E-state index contributed by atoms with van der Waals surface area (Å²) in [6.45, 7) is 2.73. The van der Waals surface area contributed by atoms with Crippen molar-refractivity contribution in [3.63, 3.8) is 0 Å². The van der Waals surface area contributed by atoms with Gasteiger partial charge in [-0.05, 0) is 19.1 Å². The minimum Gasteiger partial charge on any atom is -0.469 e. The van der Waals surface area contributed by atoms with Gasteiger partial charge in [0, 0.05) is 25.4 Å². The summed E-state index contributed by atoms with van der Waals surface area (Å²) >= 11 is 0. The molecular weight excluding hydrogens is 190 g/mol. The number of nitrogens with one attached hydrogen (secondary N) is 1. The Balaban J connectivity index is 1.86. The van der Waals surface area contributed by atoms with Crippen LogP contribution in [0.1, 0.15) is 11.5 Å². The highest BCUT2D eigenvalue weighted by molar-refractivity contribution is 5.38. The zero-order valence-corrected chi connectivity index (χ0v) is 8.60. The SMILES string of the molecule is Cc1nccnc1NCCc1ccco1. The molecule has 78 valence electrons. The van der Waals surface area contributed by atoms with Crippen LogP contribution in [-0.2, 0) is 6.42 Å². The molecule has 0 saturated carbocycles. The number of hydrogen-bond acceptors (Lipinski definition) is 4. The molecule has 0 fully saturated rings. The third-order valence-corrected chi connectivity index (χ3v) is 2.13. The van der Waals surface area contributed by atoms with E-state index in [1.165, 1.54) is 0 Å². The van der Waals surface area contributed by atoms with E-state index in [4.69, 9.17) is 4.42 Å². The number of aryl methyl sites for hydroxylation is 1. The first kappa shape index (κ1) is 9.71. The molecule has 0 aliphatic carbocycles. The van der Waals surface area contributed by atoms with E-state index in [1.807, 2.05) is 19.1 Å². The van der Waals surface area contributed by atoms with E-state index in [9.17, 15) is 0 Å². The second-order valence-corrected chi connectivity index (χ2v) is 3.25. The molecule has 15 heavy (non-hydrogen) atoms. The highest BCUT2D eigenvalue weighted by Crippen LogP contribution is 2.06. The molecule has 0 amide bonds. The summed E-state index contributed by atoms with van der Waals surface area (Å²) in [7, 11) is 0. The lowest BCUT2D eigenvalue weighted by Gasteiger charge is -2.05. The van der Waals surface area contributed by atoms with Crippen molar-refractivity contribution in [1.29, 1.82) is 0 Å². The van der Waals surface area contributed by atoms with Crippen LogP contribution >= 0.6 is 0 Å². The van der Waals surface area contributed by atoms with Gasteiger partial charge < -0.3 is 9.73 Å². The summed E-state index contributed by atoms with van der Waals surface area (Å²) in [4.78, 5) is 8.34. The Kier molecular flexibility index (Phi) is 2.97. The summed E-state index contributed by atoms with van der Waals surface area (Å²) in [5.74, 6) is 1.81. The number of anilines is 1. The zero-order valence-electron chi connectivity index (χ0n) is 8.60. The Morgan fingerprint density at radius 1 is 1.33 bits per heavy atom. The number of hydrogen-bond donors (Lipinski definition) is 1. The van der Waals surface area contributed by atoms with E-state index in [2.05, 4.69) is 15.3 Å². The lowest BCUT2D eigenvalue weighted by Crippen LogP contribution is -2.07. The lowest BCUT2D eigenvalue weighted by molar-refractivity contribution is 0.513. The molecule has 0 unspecified atom stereocenters. The van der Waals surface area contributed by atoms with Crippen molar-refractivity contribution in [2.75, 3.05) is 11.9 Å². The maximum atomic E-state index is 5.23. The number of nitrogens with zero attached hydrogens (tertiary/aromatic N) is 2. The molecule has 0 aromatic carbocycles. The van der Waals surface area contributed by atoms with Gasteiger partial charge in [-0.1, -0.05) is 0 Å². The minimum atomic E-state index is 0.799. The maximum absolute atomic E-state index is 5.23. The molecule has 2 heterocycles. The van der Waals surface area contributed by atoms with E-state index in [1.54, 1.807) is 18.7 Å². The molecule has 0 spiro atoms. The van der Waals surface area contributed by atoms with E-state index < -0.39 is 0 Å². The van der Waals surface area contributed by atoms with Crippen molar-refractivity contribution >= 4 is 5.82 Å². The number of rotatable bonds is 4. The molecule has 0 radical (unpaired) electrons. The smallest absolute Gasteiger partial charge is 0.147 e. The first-order valence-electron chi connectivity index (χ1n) is 4.90. The van der Waals surface area contributed by atoms with Crippen molar-refractivity contribution in [3.8, 4) is 0 Å². The van der Waals surface area contributed by atoms with Crippen LogP contribution in [0.4, 0.5) is 5.82 Å². The topological polar surface area (TPSA) is 51.0 Å². The van der Waals surface area contributed by atoms with Crippen LogP contribution in [-0.4, -0.2) is 16.5 Å². The third kappa shape index (κ3) is 2.56. The van der Waals surface area contributed by atoms with Gasteiger partial charge in [0.05, 0.1) is 12.0 Å². The van der Waals surface area contributed by atoms with Gasteiger partial charge >= 0.3 is 0 Å². The van der Waals surface area contributed by atoms with Crippen molar-refractivity contribution in [2.24, 2.45) is 0 Å². The van der Waals surface area contributed by atoms with Gasteiger partial charge in [0.25, 0.3) is 0 Å². The Morgan fingerprint density at radius 2 is 2.20 bits per heavy atom. The summed E-state index contributed by atoms with van der Waals surface area (Å²) < 4.78 is 5.23. The van der Waals surface area contributed by atoms with Gasteiger partial charge in [-0.15, -0.1) is 0 Å². The lowest BCUT2D eigenvalue weighted by atomic mass is 10.3. The fourth-order valence-corrected chi connectivity index (χ4v) is 1.34. The highest BCUT2D eigenvalue weighted by Gasteiger charge is 1.99. The molecular formula is C11H13N3O. The molecule has 4 heteroatoms. The molecule has 0 atom stereocenters. The predicted molar refractivity (Wildman–Crippen MR) is 57.7 cm³/mol. The predicted octanol–water partition coefficient (Wildman–Crippen LogP) is 2.03. The Hall–Kier alpha value is -1.84. The second-order valence-electron chi connectivity index (χ2n) is 3.25. The van der Waals surface area contributed by atoms with E-state index >= 15 is 0 Å². The summed E-state index contributed by atoms with van der Waals surface area (Å²) in [5.41, 5.74) is 0.914. The molecule has 0 saturated heterocycles. The first-order valence-corrected chi connectivity index (χ1v) is 4.90. The van der Waals surface area contributed by atoms with Crippen LogP contribution in [0.2, 0.25) is 0 Å². The maximum Gasteiger partial charge on any atom is 0.147 e. The van der Waals surface area contributed by atoms with Crippen molar-refractivity contribution in [1.82, 2.24) is 9.97 Å². The number of aromatic nitrogens is 2. The van der Waals surface area contributed by atoms with Crippen molar-refractivity contribution in [3.05, 3.63) is 42.2 Å².